The van der Waals surface area contributed by atoms with Gasteiger partial charge in [-0.15, -0.1) is 0 Å². The molecule has 1 saturated carbocycles. The van der Waals surface area contributed by atoms with Crippen LogP contribution in [0.15, 0.2) is 12.2 Å². The fourth-order valence-electron chi connectivity index (χ4n) is 3.41. The Kier molecular flexibility index (Phi) is 8.82. The second-order valence-electron chi connectivity index (χ2n) is 8.47. The summed E-state index contributed by atoms with van der Waals surface area (Å²) in [6, 6.07) is 0. The predicted molar refractivity (Wildman–Crippen MR) is 97.6 cm³/mol. The van der Waals surface area contributed by atoms with E-state index in [9.17, 15) is 36.2 Å². The number of rotatable bonds is 6. The van der Waals surface area contributed by atoms with Crippen molar-refractivity contribution in [3.05, 3.63) is 12.2 Å². The molecule has 2 atom stereocenters. The monoisotopic (exact) mass is 448 g/mol. The molecule has 1 aliphatic rings. The Morgan fingerprint density at radius 1 is 0.967 bits per heavy atom. The number of carbonyl (C=O) groups excluding carboxylic acids is 1. The maximum atomic E-state index is 12.9. The first-order valence-electron chi connectivity index (χ1n) is 9.87. The van der Waals surface area contributed by atoms with Crippen LogP contribution < -0.4 is 0 Å². The van der Waals surface area contributed by atoms with E-state index in [1.807, 2.05) is 0 Å². The van der Waals surface area contributed by atoms with E-state index in [1.54, 1.807) is 0 Å². The van der Waals surface area contributed by atoms with Crippen LogP contribution in [-0.2, 0) is 14.3 Å². The Labute approximate surface area is 172 Å². The van der Waals surface area contributed by atoms with E-state index < -0.39 is 42.2 Å². The van der Waals surface area contributed by atoms with E-state index in [4.69, 9.17) is 9.47 Å². The molecule has 0 bridgehead atoms. The molecule has 4 nitrogen and oxygen atoms in total. The quantitative estimate of drug-likeness (QED) is 0.332. The van der Waals surface area contributed by atoms with Gasteiger partial charge in [0.15, 0.2) is 0 Å². The largest absolute Gasteiger partial charge is 0.459 e. The van der Waals surface area contributed by atoms with Crippen LogP contribution in [0, 0.1) is 5.92 Å². The van der Waals surface area contributed by atoms with E-state index >= 15 is 0 Å². The minimum Gasteiger partial charge on any atom is -0.459 e. The molecule has 30 heavy (non-hydrogen) atoms. The highest BCUT2D eigenvalue weighted by atomic mass is 19.4. The standard InChI is InChI=1S/C20H30F6O4/c1-13(2)16(27)30-15-9-7-5-6-8-14(10-11-15)17(3,4)29-12-18(28,19(21,22)23)20(24,25)26/h14-15,28H,1,5-12H2,2-4H3. The van der Waals surface area contributed by atoms with Crippen molar-refractivity contribution < 1.29 is 45.7 Å². The summed E-state index contributed by atoms with van der Waals surface area (Å²) in [7, 11) is 0. The fourth-order valence-corrected chi connectivity index (χ4v) is 3.41. The third-order valence-electron chi connectivity index (χ3n) is 5.61. The summed E-state index contributed by atoms with van der Waals surface area (Å²) in [4.78, 5) is 11.8. The number of carbonyl (C=O) groups is 1. The van der Waals surface area contributed by atoms with Crippen molar-refractivity contribution in [3.8, 4) is 0 Å². The van der Waals surface area contributed by atoms with Crippen molar-refractivity contribution in [2.24, 2.45) is 5.92 Å². The first-order chi connectivity index (χ1) is 13.5. The average molecular weight is 448 g/mol. The fraction of sp³-hybridized carbons (Fsp3) is 0.850. The Morgan fingerprint density at radius 2 is 1.50 bits per heavy atom. The van der Waals surface area contributed by atoms with Crippen molar-refractivity contribution >= 4 is 5.97 Å². The molecule has 0 aliphatic heterocycles. The molecule has 0 aromatic carbocycles. The normalized spacial score (nSPS) is 22.6. The van der Waals surface area contributed by atoms with Crippen molar-refractivity contribution in [1.82, 2.24) is 0 Å². The molecule has 0 saturated heterocycles. The molecule has 1 rings (SSSR count). The molecule has 176 valence electrons. The van der Waals surface area contributed by atoms with E-state index in [0.29, 0.717) is 32.1 Å². The third-order valence-corrected chi connectivity index (χ3v) is 5.61. The molecule has 1 N–H and O–H groups in total. The highest BCUT2D eigenvalue weighted by Gasteiger charge is 2.71. The van der Waals surface area contributed by atoms with Crippen LogP contribution in [0.2, 0.25) is 0 Å². The van der Waals surface area contributed by atoms with Gasteiger partial charge in [-0.05, 0) is 58.8 Å². The lowest BCUT2D eigenvalue weighted by Crippen LogP contribution is -2.61. The van der Waals surface area contributed by atoms with Gasteiger partial charge in [-0.2, -0.15) is 26.3 Å². The van der Waals surface area contributed by atoms with E-state index in [0.717, 1.165) is 12.8 Å². The summed E-state index contributed by atoms with van der Waals surface area (Å²) in [6.45, 7) is 5.92. The zero-order chi connectivity index (χ0) is 23.4. The Bertz CT molecular complexity index is 583. The molecule has 0 spiro atoms. The molecular weight excluding hydrogens is 418 g/mol. The van der Waals surface area contributed by atoms with E-state index in [2.05, 4.69) is 6.58 Å². The maximum absolute atomic E-state index is 12.9. The molecule has 10 heteroatoms. The van der Waals surface area contributed by atoms with E-state index in [1.165, 1.54) is 20.8 Å². The summed E-state index contributed by atoms with van der Waals surface area (Å²) in [6.07, 6.45) is -8.05. The van der Waals surface area contributed by atoms with Gasteiger partial charge in [0, 0.05) is 5.57 Å². The molecule has 0 aromatic heterocycles. The van der Waals surface area contributed by atoms with Crippen molar-refractivity contribution in [3.63, 3.8) is 0 Å². The third kappa shape index (κ3) is 6.87. The highest BCUT2D eigenvalue weighted by molar-refractivity contribution is 5.87. The first-order valence-corrected chi connectivity index (χ1v) is 9.87. The number of hydrogen-bond donors (Lipinski definition) is 1. The maximum Gasteiger partial charge on any atom is 0.428 e. The molecule has 0 heterocycles. The summed E-state index contributed by atoms with van der Waals surface area (Å²) < 4.78 is 88.0. The average Bonchev–Trinajstić information content (AvgIpc) is 2.70. The second-order valence-corrected chi connectivity index (χ2v) is 8.47. The Morgan fingerprint density at radius 3 is 2.00 bits per heavy atom. The smallest absolute Gasteiger partial charge is 0.428 e. The predicted octanol–water partition coefficient (Wildman–Crippen LogP) is 5.49. The van der Waals surface area contributed by atoms with Gasteiger partial charge in [0.05, 0.1) is 12.2 Å². The summed E-state index contributed by atoms with van der Waals surface area (Å²) in [5.41, 5.74) is -6.07. The molecule has 0 amide bonds. The minimum absolute atomic E-state index is 0.244. The number of aliphatic hydroxyl groups is 1. The lowest BCUT2D eigenvalue weighted by Gasteiger charge is -2.39. The number of hydrogen-bond acceptors (Lipinski definition) is 4. The summed E-state index contributed by atoms with van der Waals surface area (Å²) >= 11 is 0. The molecular formula is C20H30F6O4. The summed E-state index contributed by atoms with van der Waals surface area (Å²) in [5, 5.41) is 9.34. The minimum atomic E-state index is -5.93. The van der Waals surface area contributed by atoms with Crippen LogP contribution in [0.5, 0.6) is 0 Å². The zero-order valence-corrected chi connectivity index (χ0v) is 17.5. The topological polar surface area (TPSA) is 55.8 Å². The number of halogens is 6. The first kappa shape index (κ1) is 26.7. The van der Waals surface area contributed by atoms with Gasteiger partial charge in [0.25, 0.3) is 5.60 Å². The zero-order valence-electron chi connectivity index (χ0n) is 17.5. The molecule has 1 fully saturated rings. The second kappa shape index (κ2) is 9.89. The van der Waals surface area contributed by atoms with Crippen LogP contribution in [0.4, 0.5) is 26.3 Å². The van der Waals surface area contributed by atoms with Crippen LogP contribution in [0.3, 0.4) is 0 Å². The Balaban J connectivity index is 2.90. The number of ether oxygens (including phenoxy) is 2. The van der Waals surface area contributed by atoms with Gasteiger partial charge in [-0.1, -0.05) is 19.4 Å². The van der Waals surface area contributed by atoms with E-state index in [-0.39, 0.29) is 11.5 Å². The highest BCUT2D eigenvalue weighted by Crippen LogP contribution is 2.44. The SMILES string of the molecule is C=C(C)C(=O)OC1CCCCCC(C(C)(C)OCC(O)(C(F)(F)F)C(F)(F)F)CC1. The molecule has 0 aromatic rings. The molecule has 1 aliphatic carbocycles. The van der Waals surface area contributed by atoms with Gasteiger partial charge in [-0.25, -0.2) is 4.79 Å². The van der Waals surface area contributed by atoms with Gasteiger partial charge in [0.1, 0.15) is 6.10 Å². The van der Waals surface area contributed by atoms with Crippen molar-refractivity contribution in [2.45, 2.75) is 95.4 Å². The van der Waals surface area contributed by atoms with Gasteiger partial charge in [0.2, 0.25) is 0 Å². The van der Waals surface area contributed by atoms with Crippen LogP contribution in [-0.4, -0.2) is 47.3 Å². The lowest BCUT2D eigenvalue weighted by atomic mass is 9.82. The van der Waals surface area contributed by atoms with Gasteiger partial charge < -0.3 is 14.6 Å². The van der Waals surface area contributed by atoms with Gasteiger partial charge in [-0.3, -0.25) is 0 Å². The van der Waals surface area contributed by atoms with Crippen molar-refractivity contribution in [2.75, 3.05) is 6.61 Å². The lowest BCUT2D eigenvalue weighted by molar-refractivity contribution is -0.383. The molecule has 0 radical (unpaired) electrons. The van der Waals surface area contributed by atoms with Crippen LogP contribution >= 0.6 is 0 Å². The van der Waals surface area contributed by atoms with Gasteiger partial charge >= 0.3 is 18.3 Å². The van der Waals surface area contributed by atoms with Crippen LogP contribution in [0.1, 0.15) is 65.7 Å². The number of esters is 1. The Hall–Kier alpha value is -1.29. The van der Waals surface area contributed by atoms with Crippen LogP contribution in [0.25, 0.3) is 0 Å². The molecule has 2 unspecified atom stereocenters. The van der Waals surface area contributed by atoms with Crippen molar-refractivity contribution in [1.29, 1.82) is 0 Å². The summed E-state index contributed by atoms with van der Waals surface area (Å²) in [5.74, 6) is -0.918. The number of alkyl halides is 6.